The quantitative estimate of drug-likeness (QED) is 0.437. The molecule has 0 fully saturated rings. The van der Waals surface area contributed by atoms with E-state index in [1.165, 1.54) is 14.2 Å². The Kier molecular flexibility index (Phi) is 6.80. The number of benzene rings is 2. The van der Waals surface area contributed by atoms with Crippen LogP contribution in [-0.2, 0) is 27.5 Å². The van der Waals surface area contributed by atoms with Crippen molar-refractivity contribution in [2.75, 3.05) is 21.0 Å². The Morgan fingerprint density at radius 1 is 1.14 bits per heavy atom. The number of fused-ring (bicyclic) bond motifs is 1. The van der Waals surface area contributed by atoms with Crippen LogP contribution in [0.5, 0.6) is 23.0 Å². The summed E-state index contributed by atoms with van der Waals surface area (Å²) in [4.78, 5) is 0. The van der Waals surface area contributed by atoms with Crippen LogP contribution >= 0.6 is 0 Å². The summed E-state index contributed by atoms with van der Waals surface area (Å²) in [6.45, 7) is 0.416. The summed E-state index contributed by atoms with van der Waals surface area (Å²) in [7, 11) is -1.58. The molecule has 1 aliphatic heterocycles. The molecule has 1 aliphatic rings. The van der Waals surface area contributed by atoms with E-state index in [4.69, 9.17) is 27.7 Å². The maximum Gasteiger partial charge on any atom is 0.398 e. The van der Waals surface area contributed by atoms with Crippen LogP contribution in [0.3, 0.4) is 0 Å². The number of rotatable bonds is 10. The fourth-order valence-electron chi connectivity index (χ4n) is 3.04. The number of nitrogens with one attached hydrogen (secondary N) is 1. The van der Waals surface area contributed by atoms with E-state index in [1.54, 1.807) is 18.2 Å². The zero-order valence-electron chi connectivity index (χ0n) is 16.1. The van der Waals surface area contributed by atoms with Gasteiger partial charge in [-0.3, -0.25) is 9.87 Å². The number of para-hydroxylation sites is 1. The second-order valence-corrected chi connectivity index (χ2v) is 7.32. The highest BCUT2D eigenvalue weighted by Crippen LogP contribution is 2.33. The minimum atomic E-state index is -4.63. The minimum Gasteiger partial charge on any atom is -0.493 e. The number of hydrogen-bond donors (Lipinski definition) is 2. The smallest absolute Gasteiger partial charge is 0.398 e. The van der Waals surface area contributed by atoms with Gasteiger partial charge in [-0.15, -0.1) is 0 Å². The first-order chi connectivity index (χ1) is 13.9. The molecule has 0 saturated heterocycles. The van der Waals surface area contributed by atoms with Crippen molar-refractivity contribution >= 4 is 10.4 Å². The third kappa shape index (κ3) is 5.73. The molecule has 1 heterocycles. The fourth-order valence-corrected chi connectivity index (χ4v) is 3.50. The Balaban J connectivity index is 1.68. The molecule has 0 spiro atoms. The van der Waals surface area contributed by atoms with Crippen LogP contribution in [0.25, 0.3) is 0 Å². The highest BCUT2D eigenvalue weighted by atomic mass is 32.3. The standard InChI is InChI=1S/C19H23NO8S/c1-24-16-5-3-4-14(19(16)25-2)11-20-18(28-29(21,22)23)9-7-13-6-8-15-17(10-13)27-12-26-15/h3-6,8,10,18,20H,7,9,11-12H2,1-2H3,(H,21,22,23). The predicted molar refractivity (Wildman–Crippen MR) is 104 cm³/mol. The van der Waals surface area contributed by atoms with Gasteiger partial charge in [0, 0.05) is 12.1 Å². The van der Waals surface area contributed by atoms with Crippen molar-refractivity contribution in [3.8, 4) is 23.0 Å². The van der Waals surface area contributed by atoms with Crippen molar-refractivity contribution in [3.05, 3.63) is 47.5 Å². The van der Waals surface area contributed by atoms with Gasteiger partial charge in [-0.1, -0.05) is 18.2 Å². The first-order valence-electron chi connectivity index (χ1n) is 8.87. The molecule has 0 aromatic heterocycles. The number of methoxy groups -OCH3 is 2. The predicted octanol–water partition coefficient (Wildman–Crippen LogP) is 2.30. The first-order valence-corrected chi connectivity index (χ1v) is 10.2. The Bertz CT molecular complexity index is 947. The highest BCUT2D eigenvalue weighted by Gasteiger charge is 2.19. The molecule has 0 saturated carbocycles. The van der Waals surface area contributed by atoms with Gasteiger partial charge in [-0.25, -0.2) is 4.18 Å². The van der Waals surface area contributed by atoms with Crippen LogP contribution in [-0.4, -0.2) is 40.2 Å². The zero-order valence-corrected chi connectivity index (χ0v) is 16.9. The van der Waals surface area contributed by atoms with Gasteiger partial charge in [0.25, 0.3) is 0 Å². The highest BCUT2D eigenvalue weighted by molar-refractivity contribution is 7.80. The molecular formula is C19H23NO8S. The largest absolute Gasteiger partial charge is 0.493 e. The average Bonchev–Trinajstić information content (AvgIpc) is 3.16. The monoisotopic (exact) mass is 425 g/mol. The van der Waals surface area contributed by atoms with Crippen molar-refractivity contribution < 1.29 is 36.1 Å². The van der Waals surface area contributed by atoms with E-state index in [-0.39, 0.29) is 19.8 Å². The van der Waals surface area contributed by atoms with Crippen LogP contribution in [0.4, 0.5) is 0 Å². The summed E-state index contributed by atoms with van der Waals surface area (Å²) in [6.07, 6.45) is -0.184. The van der Waals surface area contributed by atoms with Gasteiger partial charge >= 0.3 is 10.4 Å². The first kappa shape index (κ1) is 21.2. The van der Waals surface area contributed by atoms with Crippen molar-refractivity contribution in [1.82, 2.24) is 5.32 Å². The number of aryl methyl sites for hydroxylation is 1. The SMILES string of the molecule is COc1cccc(CNC(CCc2ccc3c(c2)OCO3)OS(=O)(=O)O)c1OC. The molecule has 158 valence electrons. The van der Waals surface area contributed by atoms with Gasteiger partial charge < -0.3 is 18.9 Å². The second kappa shape index (κ2) is 9.31. The molecule has 0 amide bonds. The molecule has 2 aromatic carbocycles. The van der Waals surface area contributed by atoms with Crippen molar-refractivity contribution in [2.24, 2.45) is 0 Å². The molecule has 10 heteroatoms. The van der Waals surface area contributed by atoms with Crippen molar-refractivity contribution in [2.45, 2.75) is 25.6 Å². The van der Waals surface area contributed by atoms with E-state index in [0.717, 1.165) is 11.1 Å². The Hall–Kier alpha value is -2.53. The minimum absolute atomic E-state index is 0.178. The molecule has 9 nitrogen and oxygen atoms in total. The van der Waals surface area contributed by atoms with E-state index >= 15 is 0 Å². The summed E-state index contributed by atoms with van der Waals surface area (Å²) in [5.41, 5.74) is 1.66. The molecule has 1 unspecified atom stereocenters. The van der Waals surface area contributed by atoms with Crippen LogP contribution in [0.2, 0.25) is 0 Å². The van der Waals surface area contributed by atoms with Crippen molar-refractivity contribution in [3.63, 3.8) is 0 Å². The lowest BCUT2D eigenvalue weighted by atomic mass is 10.1. The molecule has 0 bridgehead atoms. The summed E-state index contributed by atoms with van der Waals surface area (Å²) in [6, 6.07) is 10.9. The number of hydrogen-bond acceptors (Lipinski definition) is 8. The van der Waals surface area contributed by atoms with Gasteiger partial charge in [0.1, 0.15) is 6.23 Å². The van der Waals surface area contributed by atoms with Crippen molar-refractivity contribution in [1.29, 1.82) is 0 Å². The van der Waals surface area contributed by atoms with E-state index in [0.29, 0.717) is 29.4 Å². The lowest BCUT2D eigenvalue weighted by molar-refractivity contribution is 0.138. The average molecular weight is 425 g/mol. The summed E-state index contributed by atoms with van der Waals surface area (Å²) < 4.78 is 57.7. The maximum absolute atomic E-state index is 11.3. The van der Waals surface area contributed by atoms with Gasteiger partial charge in [-0.2, -0.15) is 8.42 Å². The molecule has 0 aliphatic carbocycles. The van der Waals surface area contributed by atoms with Gasteiger partial charge in [0.2, 0.25) is 6.79 Å². The maximum atomic E-state index is 11.3. The normalized spacial score (nSPS) is 13.9. The van der Waals surface area contributed by atoms with Crippen LogP contribution < -0.4 is 24.3 Å². The van der Waals surface area contributed by atoms with Crippen LogP contribution in [0.15, 0.2) is 36.4 Å². The van der Waals surface area contributed by atoms with Gasteiger partial charge in [0.15, 0.2) is 23.0 Å². The molecule has 2 aromatic rings. The zero-order chi connectivity index (χ0) is 20.9. The summed E-state index contributed by atoms with van der Waals surface area (Å²) in [5, 5.41) is 2.99. The lowest BCUT2D eigenvalue weighted by Gasteiger charge is -2.19. The van der Waals surface area contributed by atoms with Gasteiger partial charge in [0.05, 0.1) is 14.2 Å². The molecule has 3 rings (SSSR count). The summed E-state index contributed by atoms with van der Waals surface area (Å²) >= 11 is 0. The Labute approximate surface area is 169 Å². The van der Waals surface area contributed by atoms with E-state index in [9.17, 15) is 8.42 Å². The topological polar surface area (TPSA) is 113 Å². The molecule has 2 N–H and O–H groups in total. The van der Waals surface area contributed by atoms with E-state index in [2.05, 4.69) is 5.32 Å². The lowest BCUT2D eigenvalue weighted by Crippen LogP contribution is -2.34. The fraction of sp³-hybridized carbons (Fsp3) is 0.368. The van der Waals surface area contributed by atoms with Gasteiger partial charge in [-0.05, 0) is 36.6 Å². The van der Waals surface area contributed by atoms with Crippen LogP contribution in [0.1, 0.15) is 17.5 Å². The molecule has 1 atom stereocenters. The summed E-state index contributed by atoms with van der Waals surface area (Å²) in [5.74, 6) is 2.40. The number of ether oxygens (including phenoxy) is 4. The Morgan fingerprint density at radius 2 is 1.93 bits per heavy atom. The molecular weight excluding hydrogens is 402 g/mol. The third-order valence-electron chi connectivity index (χ3n) is 4.37. The van der Waals surface area contributed by atoms with E-state index < -0.39 is 16.6 Å². The van der Waals surface area contributed by atoms with E-state index in [1.807, 2.05) is 18.2 Å². The van der Waals surface area contributed by atoms with Crippen LogP contribution in [0, 0.1) is 0 Å². The molecule has 0 radical (unpaired) electrons. The Morgan fingerprint density at radius 3 is 2.66 bits per heavy atom. The third-order valence-corrected chi connectivity index (χ3v) is 4.85. The molecule has 29 heavy (non-hydrogen) atoms. The second-order valence-electron chi connectivity index (χ2n) is 6.27.